The molecule has 0 bridgehead atoms. The summed E-state index contributed by atoms with van der Waals surface area (Å²) in [5, 5.41) is 6.65. The zero-order valence-electron chi connectivity index (χ0n) is 9.68. The number of hydrogen-bond acceptors (Lipinski definition) is 3. The molecule has 0 amide bonds. The van der Waals surface area contributed by atoms with Gasteiger partial charge in [-0.2, -0.15) is 5.10 Å². The van der Waals surface area contributed by atoms with Gasteiger partial charge in [0, 0.05) is 6.07 Å². The smallest absolute Gasteiger partial charge is 0.122 e. The molecule has 0 saturated carbocycles. The number of nitrogens with zero attached hydrogens (tertiary/aromatic N) is 2. The minimum atomic E-state index is 0.411. The largest absolute Gasteiger partial charge is 0.384 e. The van der Waals surface area contributed by atoms with Crippen molar-refractivity contribution in [3.63, 3.8) is 0 Å². The number of rotatable bonds is 4. The lowest BCUT2D eigenvalue weighted by atomic mass is 10.2. The highest BCUT2D eigenvalue weighted by molar-refractivity contribution is 7.13. The summed E-state index contributed by atoms with van der Waals surface area (Å²) < 4.78 is 1.95. The van der Waals surface area contributed by atoms with Gasteiger partial charge in [-0.05, 0) is 24.3 Å². The lowest BCUT2D eigenvalue weighted by Gasteiger charge is -2.14. The van der Waals surface area contributed by atoms with Crippen molar-refractivity contribution >= 4 is 17.2 Å². The highest BCUT2D eigenvalue weighted by Gasteiger charge is 2.13. The number of nitrogen functional groups attached to an aromatic ring is 1. The monoisotopic (exact) mass is 235 g/mol. The molecule has 0 aromatic carbocycles. The molecule has 0 aliphatic heterocycles. The van der Waals surface area contributed by atoms with Gasteiger partial charge in [-0.25, -0.2) is 4.68 Å². The van der Waals surface area contributed by atoms with Gasteiger partial charge in [-0.15, -0.1) is 11.3 Å². The number of anilines is 1. The molecule has 0 saturated heterocycles. The van der Waals surface area contributed by atoms with Crippen molar-refractivity contribution in [2.24, 2.45) is 0 Å². The molecule has 0 radical (unpaired) electrons. The summed E-state index contributed by atoms with van der Waals surface area (Å²) in [4.78, 5) is 1.18. The van der Waals surface area contributed by atoms with Gasteiger partial charge < -0.3 is 5.73 Å². The molecule has 86 valence electrons. The molecule has 2 heterocycles. The van der Waals surface area contributed by atoms with Gasteiger partial charge in [0.25, 0.3) is 0 Å². The van der Waals surface area contributed by atoms with Crippen LogP contribution in [0.15, 0.2) is 23.6 Å². The Labute approximate surface area is 99.9 Å². The van der Waals surface area contributed by atoms with E-state index in [1.807, 2.05) is 16.8 Å². The van der Waals surface area contributed by atoms with Crippen LogP contribution in [0.2, 0.25) is 0 Å². The van der Waals surface area contributed by atoms with E-state index in [9.17, 15) is 0 Å². The third kappa shape index (κ3) is 1.97. The lowest BCUT2D eigenvalue weighted by molar-refractivity contribution is 0.435. The molecule has 4 heteroatoms. The molecular formula is C12H17N3S. The maximum atomic E-state index is 6.00. The van der Waals surface area contributed by atoms with E-state index in [4.69, 9.17) is 5.73 Å². The second-order valence-corrected chi connectivity index (χ2v) is 4.79. The summed E-state index contributed by atoms with van der Waals surface area (Å²) in [6, 6.07) is 6.48. The third-order valence-electron chi connectivity index (χ3n) is 2.83. The minimum Gasteiger partial charge on any atom is -0.384 e. The zero-order valence-corrected chi connectivity index (χ0v) is 10.5. The zero-order chi connectivity index (χ0) is 11.5. The first kappa shape index (κ1) is 11.2. The highest BCUT2D eigenvalue weighted by atomic mass is 32.1. The second-order valence-electron chi connectivity index (χ2n) is 3.85. The quantitative estimate of drug-likeness (QED) is 0.880. The Hall–Kier alpha value is -1.29. The van der Waals surface area contributed by atoms with E-state index in [0.29, 0.717) is 6.04 Å². The summed E-state index contributed by atoms with van der Waals surface area (Å²) in [6.45, 7) is 4.33. The molecule has 0 unspecified atom stereocenters. The van der Waals surface area contributed by atoms with Gasteiger partial charge in [0.15, 0.2) is 0 Å². The minimum absolute atomic E-state index is 0.411. The van der Waals surface area contributed by atoms with Gasteiger partial charge in [0.2, 0.25) is 0 Å². The topological polar surface area (TPSA) is 43.8 Å². The van der Waals surface area contributed by atoms with Crippen molar-refractivity contribution in [3.8, 4) is 10.6 Å². The summed E-state index contributed by atoms with van der Waals surface area (Å²) in [7, 11) is 0. The maximum absolute atomic E-state index is 6.00. The summed E-state index contributed by atoms with van der Waals surface area (Å²) >= 11 is 1.69. The van der Waals surface area contributed by atoms with Crippen molar-refractivity contribution in [2.75, 3.05) is 5.73 Å². The number of nitrogens with two attached hydrogens (primary N) is 1. The number of hydrogen-bond donors (Lipinski definition) is 1. The molecule has 3 nitrogen and oxygen atoms in total. The van der Waals surface area contributed by atoms with E-state index in [1.165, 1.54) is 4.88 Å². The molecule has 2 rings (SSSR count). The van der Waals surface area contributed by atoms with E-state index < -0.39 is 0 Å². The SMILES string of the molecule is CCC(CC)n1nc(-c2cccs2)cc1N. The van der Waals surface area contributed by atoms with Gasteiger partial charge >= 0.3 is 0 Å². The van der Waals surface area contributed by atoms with E-state index in [2.05, 4.69) is 30.4 Å². The first-order valence-corrected chi connectivity index (χ1v) is 6.53. The molecule has 16 heavy (non-hydrogen) atoms. The van der Waals surface area contributed by atoms with Gasteiger partial charge in [0.1, 0.15) is 11.5 Å². The van der Waals surface area contributed by atoms with Crippen molar-refractivity contribution in [1.82, 2.24) is 9.78 Å². The van der Waals surface area contributed by atoms with Gasteiger partial charge in [-0.1, -0.05) is 19.9 Å². The molecule has 0 atom stereocenters. The van der Waals surface area contributed by atoms with Crippen molar-refractivity contribution < 1.29 is 0 Å². The van der Waals surface area contributed by atoms with E-state index in [-0.39, 0.29) is 0 Å². The fourth-order valence-corrected chi connectivity index (χ4v) is 2.56. The average Bonchev–Trinajstić information content (AvgIpc) is 2.90. The first-order valence-electron chi connectivity index (χ1n) is 5.65. The van der Waals surface area contributed by atoms with E-state index in [1.54, 1.807) is 11.3 Å². The summed E-state index contributed by atoms with van der Waals surface area (Å²) in [5.41, 5.74) is 6.99. The van der Waals surface area contributed by atoms with Crippen LogP contribution < -0.4 is 5.73 Å². The number of thiophene rings is 1. The molecular weight excluding hydrogens is 218 g/mol. The Morgan fingerprint density at radius 3 is 2.75 bits per heavy atom. The van der Waals surface area contributed by atoms with Gasteiger partial charge in [0.05, 0.1) is 10.9 Å². The molecule has 2 N–H and O–H groups in total. The third-order valence-corrected chi connectivity index (χ3v) is 3.72. The predicted molar refractivity (Wildman–Crippen MR) is 69.6 cm³/mol. The molecule has 0 fully saturated rings. The number of aromatic nitrogens is 2. The Morgan fingerprint density at radius 1 is 1.44 bits per heavy atom. The van der Waals surface area contributed by atoms with Crippen LogP contribution >= 0.6 is 11.3 Å². The Morgan fingerprint density at radius 2 is 2.19 bits per heavy atom. The van der Waals surface area contributed by atoms with Crippen molar-refractivity contribution in [2.45, 2.75) is 32.7 Å². The van der Waals surface area contributed by atoms with Crippen LogP contribution in [-0.4, -0.2) is 9.78 Å². The second kappa shape index (κ2) is 4.70. The Balaban J connectivity index is 2.35. The standard InChI is InChI=1S/C12H17N3S/c1-3-9(4-2)15-12(13)8-10(14-15)11-6-5-7-16-11/h5-9H,3-4,13H2,1-2H3. The van der Waals surface area contributed by atoms with Crippen molar-refractivity contribution in [3.05, 3.63) is 23.6 Å². The lowest BCUT2D eigenvalue weighted by Crippen LogP contribution is -2.11. The fraction of sp³-hybridized carbons (Fsp3) is 0.417. The van der Waals surface area contributed by atoms with Gasteiger partial charge in [-0.3, -0.25) is 0 Å². The Bertz CT molecular complexity index is 441. The molecule has 0 aliphatic rings. The molecule has 2 aromatic heterocycles. The van der Waals surface area contributed by atoms with Crippen molar-refractivity contribution in [1.29, 1.82) is 0 Å². The van der Waals surface area contributed by atoms with Crippen LogP contribution in [0.25, 0.3) is 10.6 Å². The van der Waals surface area contributed by atoms with E-state index >= 15 is 0 Å². The first-order chi connectivity index (χ1) is 7.76. The molecule has 0 spiro atoms. The molecule has 2 aromatic rings. The Kier molecular flexibility index (Phi) is 3.29. The predicted octanol–water partition coefficient (Wildman–Crippen LogP) is 3.55. The van der Waals surface area contributed by atoms with Crippen LogP contribution in [0.1, 0.15) is 32.7 Å². The summed E-state index contributed by atoms with van der Waals surface area (Å²) in [5.74, 6) is 0.761. The maximum Gasteiger partial charge on any atom is 0.122 e. The summed E-state index contributed by atoms with van der Waals surface area (Å²) in [6.07, 6.45) is 2.12. The van der Waals surface area contributed by atoms with Crippen LogP contribution in [-0.2, 0) is 0 Å². The van der Waals surface area contributed by atoms with Crippen LogP contribution in [0.5, 0.6) is 0 Å². The van der Waals surface area contributed by atoms with E-state index in [0.717, 1.165) is 24.4 Å². The highest BCUT2D eigenvalue weighted by Crippen LogP contribution is 2.28. The van der Waals surface area contributed by atoms with Crippen LogP contribution in [0.4, 0.5) is 5.82 Å². The van der Waals surface area contributed by atoms with Crippen LogP contribution in [0, 0.1) is 0 Å². The normalized spacial score (nSPS) is 11.2. The fourth-order valence-electron chi connectivity index (χ4n) is 1.88. The average molecular weight is 235 g/mol. The van der Waals surface area contributed by atoms with Crippen LogP contribution in [0.3, 0.4) is 0 Å². The molecule has 0 aliphatic carbocycles.